The van der Waals surface area contributed by atoms with Crippen molar-refractivity contribution in [1.29, 1.82) is 0 Å². The maximum atomic E-state index is 2.27. The zero-order chi connectivity index (χ0) is 21.5. The minimum atomic E-state index is 0.465. The second-order valence-corrected chi connectivity index (χ2v) is 10.3. The molecule has 0 aromatic heterocycles. The van der Waals surface area contributed by atoms with Gasteiger partial charge in [-0.05, 0) is 0 Å². The SMILES string of the molecule is Cc1ccc(C(=C(CC[Se]c2ccccc2)c2ccccc2)c2ccc(C)cc2)cc1. The summed E-state index contributed by atoms with van der Waals surface area (Å²) in [4.78, 5) is 0. The van der Waals surface area contributed by atoms with E-state index in [4.69, 9.17) is 0 Å². The van der Waals surface area contributed by atoms with E-state index in [0.29, 0.717) is 15.0 Å². The standard InChI is InChI=1S/C30H28Se/c1-23-13-17-26(18-14-23)30(27-19-15-24(2)16-20-27)29(25-9-5-3-6-10-25)21-22-31-28-11-7-4-8-12-28/h3-20H,21-22H2,1-2H3. The average molecular weight is 468 g/mol. The predicted octanol–water partition coefficient (Wildman–Crippen LogP) is 7.10. The molecule has 0 saturated heterocycles. The van der Waals surface area contributed by atoms with Gasteiger partial charge in [0.1, 0.15) is 0 Å². The third-order valence-corrected chi connectivity index (χ3v) is 7.60. The van der Waals surface area contributed by atoms with Gasteiger partial charge in [-0.3, -0.25) is 0 Å². The number of aryl methyl sites for hydroxylation is 2. The molecule has 0 aliphatic rings. The summed E-state index contributed by atoms with van der Waals surface area (Å²) >= 11 is 0.465. The Hall–Kier alpha value is -2.86. The zero-order valence-electron chi connectivity index (χ0n) is 18.2. The second-order valence-electron chi connectivity index (χ2n) is 7.86. The molecule has 0 bridgehead atoms. The van der Waals surface area contributed by atoms with Crippen molar-refractivity contribution in [3.05, 3.63) is 137 Å². The topological polar surface area (TPSA) is 0 Å². The molecule has 4 aromatic rings. The van der Waals surface area contributed by atoms with Crippen molar-refractivity contribution in [3.8, 4) is 0 Å². The van der Waals surface area contributed by atoms with Crippen molar-refractivity contribution in [2.24, 2.45) is 0 Å². The zero-order valence-corrected chi connectivity index (χ0v) is 19.9. The number of allylic oxidation sites excluding steroid dienone is 1. The van der Waals surface area contributed by atoms with E-state index in [0.717, 1.165) is 6.42 Å². The average Bonchev–Trinajstić information content (AvgIpc) is 2.82. The molecule has 0 heterocycles. The summed E-state index contributed by atoms with van der Waals surface area (Å²) in [7, 11) is 0. The molecule has 0 unspecified atom stereocenters. The summed E-state index contributed by atoms with van der Waals surface area (Å²) in [5.41, 5.74) is 9.28. The molecule has 31 heavy (non-hydrogen) atoms. The Bertz CT molecular complexity index is 1080. The Morgan fingerprint density at radius 1 is 0.548 bits per heavy atom. The third kappa shape index (κ3) is 5.64. The fourth-order valence-corrected chi connectivity index (χ4v) is 5.67. The number of hydrogen-bond donors (Lipinski definition) is 0. The van der Waals surface area contributed by atoms with Crippen LogP contribution < -0.4 is 4.46 Å². The molecule has 0 fully saturated rings. The summed E-state index contributed by atoms with van der Waals surface area (Å²) in [6.45, 7) is 4.30. The molecule has 0 radical (unpaired) electrons. The van der Waals surface area contributed by atoms with E-state index in [2.05, 4.69) is 123 Å². The quantitative estimate of drug-likeness (QED) is 0.201. The summed E-state index contributed by atoms with van der Waals surface area (Å²) in [5.74, 6) is 0. The van der Waals surface area contributed by atoms with Crippen LogP contribution in [0.5, 0.6) is 0 Å². The molecule has 0 N–H and O–H groups in total. The van der Waals surface area contributed by atoms with Crippen molar-refractivity contribution >= 4 is 30.6 Å². The van der Waals surface area contributed by atoms with E-state index < -0.39 is 0 Å². The van der Waals surface area contributed by atoms with Crippen LogP contribution in [0.2, 0.25) is 5.32 Å². The van der Waals surface area contributed by atoms with Gasteiger partial charge < -0.3 is 0 Å². The normalized spacial score (nSPS) is 10.6. The first-order chi connectivity index (χ1) is 15.2. The first-order valence-electron chi connectivity index (χ1n) is 10.8. The van der Waals surface area contributed by atoms with Gasteiger partial charge >= 0.3 is 193 Å². The van der Waals surface area contributed by atoms with Crippen LogP contribution in [0.1, 0.15) is 34.2 Å². The molecule has 0 amide bonds. The fourth-order valence-electron chi connectivity index (χ4n) is 3.80. The van der Waals surface area contributed by atoms with Crippen molar-refractivity contribution in [1.82, 2.24) is 0 Å². The molecular formula is C30H28Se. The van der Waals surface area contributed by atoms with Gasteiger partial charge in [-0.15, -0.1) is 0 Å². The van der Waals surface area contributed by atoms with Crippen molar-refractivity contribution in [3.63, 3.8) is 0 Å². The van der Waals surface area contributed by atoms with E-state index in [9.17, 15) is 0 Å². The molecule has 4 rings (SSSR count). The van der Waals surface area contributed by atoms with E-state index in [1.54, 1.807) is 0 Å². The van der Waals surface area contributed by atoms with Crippen molar-refractivity contribution in [2.75, 3.05) is 0 Å². The molecular weight excluding hydrogens is 439 g/mol. The van der Waals surface area contributed by atoms with E-state index in [1.807, 2.05) is 0 Å². The van der Waals surface area contributed by atoms with Crippen LogP contribution >= 0.6 is 0 Å². The number of hydrogen-bond acceptors (Lipinski definition) is 0. The van der Waals surface area contributed by atoms with Crippen LogP contribution in [-0.4, -0.2) is 15.0 Å². The molecule has 0 aliphatic carbocycles. The van der Waals surface area contributed by atoms with E-state index >= 15 is 0 Å². The van der Waals surface area contributed by atoms with Gasteiger partial charge in [0, 0.05) is 0 Å². The first-order valence-corrected chi connectivity index (χ1v) is 12.9. The number of rotatable bonds is 7. The Morgan fingerprint density at radius 2 is 1.03 bits per heavy atom. The van der Waals surface area contributed by atoms with E-state index in [-0.39, 0.29) is 0 Å². The van der Waals surface area contributed by atoms with Crippen molar-refractivity contribution in [2.45, 2.75) is 25.6 Å². The Morgan fingerprint density at radius 3 is 1.55 bits per heavy atom. The number of benzene rings is 4. The molecule has 0 atom stereocenters. The monoisotopic (exact) mass is 468 g/mol. The van der Waals surface area contributed by atoms with Gasteiger partial charge in [0.05, 0.1) is 0 Å². The molecule has 4 aromatic carbocycles. The molecule has 154 valence electrons. The first kappa shape index (κ1) is 21.4. The van der Waals surface area contributed by atoms with Gasteiger partial charge in [-0.1, -0.05) is 0 Å². The van der Waals surface area contributed by atoms with Crippen LogP contribution in [0.3, 0.4) is 0 Å². The Balaban J connectivity index is 1.80. The minimum absolute atomic E-state index is 0.465. The van der Waals surface area contributed by atoms with Crippen molar-refractivity contribution < 1.29 is 0 Å². The summed E-state index contributed by atoms with van der Waals surface area (Å²) in [5, 5.41) is 1.18. The van der Waals surface area contributed by atoms with Gasteiger partial charge in [0.15, 0.2) is 0 Å². The molecule has 0 aliphatic heterocycles. The maximum absolute atomic E-state index is 2.27. The molecule has 0 nitrogen and oxygen atoms in total. The van der Waals surface area contributed by atoms with Gasteiger partial charge in [0.25, 0.3) is 0 Å². The van der Waals surface area contributed by atoms with Gasteiger partial charge in [-0.2, -0.15) is 0 Å². The van der Waals surface area contributed by atoms with Gasteiger partial charge in [0.2, 0.25) is 0 Å². The van der Waals surface area contributed by atoms with E-state index in [1.165, 1.54) is 48.7 Å². The van der Waals surface area contributed by atoms with Crippen LogP contribution in [0, 0.1) is 13.8 Å². The van der Waals surface area contributed by atoms with Crippen LogP contribution in [0.4, 0.5) is 0 Å². The van der Waals surface area contributed by atoms with Crippen LogP contribution in [0.15, 0.2) is 109 Å². The summed E-state index contributed by atoms with van der Waals surface area (Å²) < 4.78 is 1.47. The second kappa shape index (κ2) is 10.4. The molecule has 0 saturated carbocycles. The third-order valence-electron chi connectivity index (χ3n) is 5.47. The van der Waals surface area contributed by atoms with Gasteiger partial charge in [-0.25, -0.2) is 0 Å². The van der Waals surface area contributed by atoms with Crippen LogP contribution in [0.25, 0.3) is 11.1 Å². The molecule has 1 heteroatoms. The fraction of sp³-hybridized carbons (Fsp3) is 0.133. The molecule has 0 spiro atoms. The summed E-state index contributed by atoms with van der Waals surface area (Å²) in [6.07, 6.45) is 1.07. The Kier molecular flexibility index (Phi) is 7.20. The predicted molar refractivity (Wildman–Crippen MR) is 136 cm³/mol. The van der Waals surface area contributed by atoms with Crippen LogP contribution in [-0.2, 0) is 0 Å². The summed E-state index contributed by atoms with van der Waals surface area (Å²) in [6, 6.07) is 39.8. The Labute approximate surface area is 192 Å².